The van der Waals surface area contributed by atoms with E-state index in [4.69, 9.17) is 4.98 Å². The van der Waals surface area contributed by atoms with Gasteiger partial charge in [-0.2, -0.15) is 5.10 Å². The highest BCUT2D eigenvalue weighted by atomic mass is 15.2. The van der Waals surface area contributed by atoms with Gasteiger partial charge < -0.3 is 5.32 Å². The summed E-state index contributed by atoms with van der Waals surface area (Å²) < 4.78 is 0. The summed E-state index contributed by atoms with van der Waals surface area (Å²) in [5, 5.41) is 11.1. The van der Waals surface area contributed by atoms with Crippen LogP contribution in [0.2, 0.25) is 0 Å². The second-order valence-electron chi connectivity index (χ2n) is 5.70. The molecule has 0 spiro atoms. The van der Waals surface area contributed by atoms with Crippen molar-refractivity contribution >= 4 is 0 Å². The van der Waals surface area contributed by atoms with Crippen molar-refractivity contribution in [3.8, 4) is 0 Å². The molecule has 2 aliphatic rings. The van der Waals surface area contributed by atoms with Crippen molar-refractivity contribution in [3.05, 3.63) is 11.6 Å². The highest BCUT2D eigenvalue weighted by molar-refractivity contribution is 5.04. The van der Waals surface area contributed by atoms with Crippen molar-refractivity contribution in [1.82, 2.24) is 20.5 Å². The van der Waals surface area contributed by atoms with Gasteiger partial charge in [0.25, 0.3) is 0 Å². The summed E-state index contributed by atoms with van der Waals surface area (Å²) in [6.07, 6.45) is 7.68. The molecule has 4 nitrogen and oxygen atoms in total. The molecule has 0 radical (unpaired) electrons. The van der Waals surface area contributed by atoms with E-state index in [9.17, 15) is 0 Å². The smallest absolute Gasteiger partial charge is 0.153 e. The molecule has 2 N–H and O–H groups in total. The number of hydrogen-bond donors (Lipinski definition) is 2. The van der Waals surface area contributed by atoms with E-state index in [1.54, 1.807) is 0 Å². The molecule has 2 atom stereocenters. The van der Waals surface area contributed by atoms with Gasteiger partial charge in [-0.25, -0.2) is 4.98 Å². The van der Waals surface area contributed by atoms with Gasteiger partial charge >= 0.3 is 0 Å². The lowest BCUT2D eigenvalue weighted by molar-refractivity contribution is 0.316. The molecule has 3 rings (SSSR count). The van der Waals surface area contributed by atoms with Crippen molar-refractivity contribution < 1.29 is 0 Å². The Labute approximate surface area is 103 Å². The van der Waals surface area contributed by atoms with Crippen LogP contribution in [0.1, 0.15) is 69.1 Å². The average molecular weight is 234 g/mol. The molecule has 2 unspecified atom stereocenters. The van der Waals surface area contributed by atoms with E-state index in [1.165, 1.54) is 38.5 Å². The van der Waals surface area contributed by atoms with Crippen LogP contribution in [0, 0.1) is 5.92 Å². The number of H-pyrrole nitrogens is 1. The van der Waals surface area contributed by atoms with Crippen LogP contribution in [0.4, 0.5) is 0 Å². The highest BCUT2D eigenvalue weighted by Crippen LogP contribution is 2.33. The highest BCUT2D eigenvalue weighted by Gasteiger charge is 2.25. The van der Waals surface area contributed by atoms with Gasteiger partial charge in [0.05, 0.1) is 6.04 Å². The van der Waals surface area contributed by atoms with Crippen molar-refractivity contribution in [2.45, 2.75) is 57.4 Å². The summed E-state index contributed by atoms with van der Waals surface area (Å²) in [5.74, 6) is 3.51. The van der Waals surface area contributed by atoms with Gasteiger partial charge in [-0.1, -0.05) is 19.8 Å². The van der Waals surface area contributed by atoms with E-state index in [0.717, 1.165) is 24.1 Å². The SMILES string of the molecule is CC1CCNC(c2nc(C3CCCC3)n[nH]2)C1. The fourth-order valence-corrected chi connectivity index (χ4v) is 3.13. The molecule has 1 saturated heterocycles. The number of aromatic amines is 1. The molecule has 1 aromatic rings. The first-order valence-electron chi connectivity index (χ1n) is 6.98. The summed E-state index contributed by atoms with van der Waals surface area (Å²) in [6, 6.07) is 0.390. The van der Waals surface area contributed by atoms with E-state index in [1.807, 2.05) is 0 Å². The molecule has 2 heterocycles. The lowest BCUT2D eigenvalue weighted by atomic mass is 9.94. The third-order valence-corrected chi connectivity index (χ3v) is 4.24. The fourth-order valence-electron chi connectivity index (χ4n) is 3.13. The van der Waals surface area contributed by atoms with Crippen molar-refractivity contribution in [2.24, 2.45) is 5.92 Å². The monoisotopic (exact) mass is 234 g/mol. The molecule has 0 bridgehead atoms. The van der Waals surface area contributed by atoms with E-state index in [0.29, 0.717) is 12.0 Å². The summed E-state index contributed by atoms with van der Waals surface area (Å²) in [4.78, 5) is 4.72. The molecule has 17 heavy (non-hydrogen) atoms. The van der Waals surface area contributed by atoms with Gasteiger partial charge in [0.2, 0.25) is 0 Å². The third kappa shape index (κ3) is 2.37. The number of hydrogen-bond acceptors (Lipinski definition) is 3. The molecular weight excluding hydrogens is 212 g/mol. The largest absolute Gasteiger partial charge is 0.307 e. The van der Waals surface area contributed by atoms with Gasteiger partial charge in [0.15, 0.2) is 5.82 Å². The molecule has 1 aromatic heterocycles. The topological polar surface area (TPSA) is 53.6 Å². The molecule has 94 valence electrons. The van der Waals surface area contributed by atoms with Crippen molar-refractivity contribution in [2.75, 3.05) is 6.54 Å². The Kier molecular flexibility index (Phi) is 3.14. The summed E-state index contributed by atoms with van der Waals surface area (Å²) in [5.41, 5.74) is 0. The molecule has 2 fully saturated rings. The molecule has 0 amide bonds. The zero-order valence-electron chi connectivity index (χ0n) is 10.6. The Hall–Kier alpha value is -0.900. The normalized spacial score (nSPS) is 30.9. The van der Waals surface area contributed by atoms with Gasteiger partial charge in [-0.15, -0.1) is 0 Å². The molecule has 4 heteroatoms. The minimum absolute atomic E-state index is 0.390. The number of piperidine rings is 1. The average Bonchev–Trinajstić information content (AvgIpc) is 3.00. The molecule has 1 aliphatic carbocycles. The minimum atomic E-state index is 0.390. The Morgan fingerprint density at radius 2 is 2.00 bits per heavy atom. The predicted octanol–water partition coefficient (Wildman–Crippen LogP) is 2.52. The fraction of sp³-hybridized carbons (Fsp3) is 0.846. The van der Waals surface area contributed by atoms with Gasteiger partial charge in [-0.3, -0.25) is 5.10 Å². The van der Waals surface area contributed by atoms with Crippen LogP contribution >= 0.6 is 0 Å². The standard InChI is InChI=1S/C13H22N4/c1-9-6-7-14-11(8-9)13-15-12(16-17-13)10-4-2-3-5-10/h9-11,14H,2-8H2,1H3,(H,15,16,17). The van der Waals surface area contributed by atoms with Crippen molar-refractivity contribution in [1.29, 1.82) is 0 Å². The van der Waals surface area contributed by atoms with Crippen LogP contribution in [0.25, 0.3) is 0 Å². The number of nitrogens with one attached hydrogen (secondary N) is 2. The molecule has 1 saturated carbocycles. The van der Waals surface area contributed by atoms with E-state index < -0.39 is 0 Å². The second-order valence-corrected chi connectivity index (χ2v) is 5.70. The Balaban J connectivity index is 1.70. The van der Waals surface area contributed by atoms with Crippen LogP contribution < -0.4 is 5.32 Å². The Morgan fingerprint density at radius 1 is 1.18 bits per heavy atom. The maximum absolute atomic E-state index is 4.72. The van der Waals surface area contributed by atoms with Gasteiger partial charge in [-0.05, 0) is 38.1 Å². The lowest BCUT2D eigenvalue weighted by Gasteiger charge is -2.26. The van der Waals surface area contributed by atoms with Crippen LogP contribution in [-0.2, 0) is 0 Å². The number of nitrogens with zero attached hydrogens (tertiary/aromatic N) is 2. The lowest BCUT2D eigenvalue weighted by Crippen LogP contribution is -2.31. The summed E-state index contributed by atoms with van der Waals surface area (Å²) >= 11 is 0. The zero-order valence-corrected chi connectivity index (χ0v) is 10.6. The second kappa shape index (κ2) is 4.77. The quantitative estimate of drug-likeness (QED) is 0.826. The Morgan fingerprint density at radius 3 is 2.76 bits per heavy atom. The minimum Gasteiger partial charge on any atom is -0.307 e. The van der Waals surface area contributed by atoms with E-state index in [-0.39, 0.29) is 0 Å². The zero-order chi connectivity index (χ0) is 11.7. The predicted molar refractivity (Wildman–Crippen MR) is 66.7 cm³/mol. The summed E-state index contributed by atoms with van der Waals surface area (Å²) in [6.45, 7) is 3.42. The van der Waals surface area contributed by atoms with Gasteiger partial charge in [0.1, 0.15) is 5.82 Å². The van der Waals surface area contributed by atoms with Crippen LogP contribution in [0.15, 0.2) is 0 Å². The third-order valence-electron chi connectivity index (χ3n) is 4.24. The molecule has 0 aromatic carbocycles. The first kappa shape index (κ1) is 11.2. The van der Waals surface area contributed by atoms with Crippen molar-refractivity contribution in [3.63, 3.8) is 0 Å². The number of aromatic nitrogens is 3. The van der Waals surface area contributed by atoms with E-state index >= 15 is 0 Å². The van der Waals surface area contributed by atoms with Crippen LogP contribution in [-0.4, -0.2) is 21.7 Å². The van der Waals surface area contributed by atoms with E-state index in [2.05, 4.69) is 22.4 Å². The maximum Gasteiger partial charge on any atom is 0.153 e. The van der Waals surface area contributed by atoms with Gasteiger partial charge in [0, 0.05) is 5.92 Å². The first-order chi connectivity index (χ1) is 8.33. The summed E-state index contributed by atoms with van der Waals surface area (Å²) in [7, 11) is 0. The van der Waals surface area contributed by atoms with Crippen LogP contribution in [0.5, 0.6) is 0 Å². The molecule has 1 aliphatic heterocycles. The number of rotatable bonds is 2. The maximum atomic E-state index is 4.72. The molecular formula is C13H22N4. The Bertz CT molecular complexity index is 367. The van der Waals surface area contributed by atoms with Crippen LogP contribution in [0.3, 0.4) is 0 Å². The first-order valence-corrected chi connectivity index (χ1v) is 6.98.